The van der Waals surface area contributed by atoms with E-state index in [-0.39, 0.29) is 11.3 Å². The summed E-state index contributed by atoms with van der Waals surface area (Å²) in [6.07, 6.45) is 2.91. The standard InChI is InChI=1S/C13H26N2O2/c1-13(2,10-17-3)9-15-12(16)8-11-4-6-14-7-5-11/h11,14H,4-10H2,1-3H3,(H,15,16). The molecule has 1 rings (SSSR count). The average molecular weight is 242 g/mol. The van der Waals surface area contributed by atoms with Crippen LogP contribution in [-0.4, -0.2) is 39.3 Å². The summed E-state index contributed by atoms with van der Waals surface area (Å²) in [5.74, 6) is 0.739. The third-order valence-corrected chi connectivity index (χ3v) is 3.23. The average Bonchev–Trinajstić information content (AvgIpc) is 2.28. The summed E-state index contributed by atoms with van der Waals surface area (Å²) in [5, 5.41) is 6.33. The van der Waals surface area contributed by atoms with Gasteiger partial charge in [-0.3, -0.25) is 4.79 Å². The highest BCUT2D eigenvalue weighted by Gasteiger charge is 2.21. The van der Waals surface area contributed by atoms with Gasteiger partial charge in [-0.15, -0.1) is 0 Å². The van der Waals surface area contributed by atoms with Crippen molar-refractivity contribution in [2.24, 2.45) is 11.3 Å². The van der Waals surface area contributed by atoms with Crippen molar-refractivity contribution in [3.05, 3.63) is 0 Å². The highest BCUT2D eigenvalue weighted by molar-refractivity contribution is 5.76. The summed E-state index contributed by atoms with van der Waals surface area (Å²) in [6, 6.07) is 0. The molecule has 1 fully saturated rings. The maximum absolute atomic E-state index is 11.8. The van der Waals surface area contributed by atoms with Crippen LogP contribution in [0, 0.1) is 11.3 Å². The Labute approximate surface area is 104 Å². The Hall–Kier alpha value is -0.610. The first-order chi connectivity index (χ1) is 8.03. The Morgan fingerprint density at radius 3 is 2.65 bits per heavy atom. The lowest BCUT2D eigenvalue weighted by Crippen LogP contribution is -2.38. The Kier molecular flexibility index (Phi) is 5.92. The van der Waals surface area contributed by atoms with Gasteiger partial charge in [0.1, 0.15) is 0 Å². The molecule has 1 aliphatic rings. The minimum atomic E-state index is 0.0124. The zero-order chi connectivity index (χ0) is 12.7. The van der Waals surface area contributed by atoms with Crippen molar-refractivity contribution >= 4 is 5.91 Å². The normalized spacial score (nSPS) is 18.1. The van der Waals surface area contributed by atoms with Crippen LogP contribution in [0.2, 0.25) is 0 Å². The molecule has 0 spiro atoms. The van der Waals surface area contributed by atoms with Crippen LogP contribution < -0.4 is 10.6 Å². The second-order valence-corrected chi connectivity index (χ2v) is 5.77. The molecule has 100 valence electrons. The van der Waals surface area contributed by atoms with E-state index in [4.69, 9.17) is 4.74 Å². The zero-order valence-corrected chi connectivity index (χ0v) is 11.3. The van der Waals surface area contributed by atoms with Crippen LogP contribution in [0.5, 0.6) is 0 Å². The SMILES string of the molecule is COCC(C)(C)CNC(=O)CC1CCNCC1. The van der Waals surface area contributed by atoms with Crippen LogP contribution in [0.1, 0.15) is 33.1 Å². The summed E-state index contributed by atoms with van der Waals surface area (Å²) in [6.45, 7) is 7.65. The fraction of sp³-hybridized carbons (Fsp3) is 0.923. The molecule has 1 amide bonds. The second-order valence-electron chi connectivity index (χ2n) is 5.77. The molecule has 0 unspecified atom stereocenters. The number of methoxy groups -OCH3 is 1. The molecule has 0 radical (unpaired) electrons. The maximum atomic E-state index is 11.8. The van der Waals surface area contributed by atoms with Crippen LogP contribution in [0.15, 0.2) is 0 Å². The third kappa shape index (κ3) is 6.03. The summed E-state index contributed by atoms with van der Waals surface area (Å²) >= 11 is 0. The molecule has 1 saturated heterocycles. The minimum absolute atomic E-state index is 0.0124. The fourth-order valence-corrected chi connectivity index (χ4v) is 2.20. The van der Waals surface area contributed by atoms with Gasteiger partial charge in [-0.2, -0.15) is 0 Å². The number of hydrogen-bond donors (Lipinski definition) is 2. The Morgan fingerprint density at radius 1 is 1.41 bits per heavy atom. The first kappa shape index (κ1) is 14.5. The molecule has 17 heavy (non-hydrogen) atoms. The Morgan fingerprint density at radius 2 is 2.06 bits per heavy atom. The van der Waals surface area contributed by atoms with Gasteiger partial charge in [0.15, 0.2) is 0 Å². The van der Waals surface area contributed by atoms with Crippen LogP contribution >= 0.6 is 0 Å². The predicted molar refractivity (Wildman–Crippen MR) is 68.9 cm³/mol. The molecule has 4 heteroatoms. The molecule has 2 N–H and O–H groups in total. The fourth-order valence-electron chi connectivity index (χ4n) is 2.20. The van der Waals surface area contributed by atoms with Crippen molar-refractivity contribution in [1.82, 2.24) is 10.6 Å². The molecule has 0 aromatic carbocycles. The van der Waals surface area contributed by atoms with Crippen LogP contribution in [0.4, 0.5) is 0 Å². The lowest BCUT2D eigenvalue weighted by Gasteiger charge is -2.25. The number of rotatable bonds is 6. The molecular formula is C13H26N2O2. The van der Waals surface area contributed by atoms with E-state index in [0.29, 0.717) is 25.5 Å². The molecule has 0 bridgehead atoms. The van der Waals surface area contributed by atoms with E-state index in [9.17, 15) is 4.79 Å². The summed E-state index contributed by atoms with van der Waals surface area (Å²) in [5.41, 5.74) is 0.0124. The van der Waals surface area contributed by atoms with Crippen LogP contribution in [-0.2, 0) is 9.53 Å². The van der Waals surface area contributed by atoms with E-state index in [1.54, 1.807) is 7.11 Å². The Balaban J connectivity index is 2.20. The molecule has 0 atom stereocenters. The topological polar surface area (TPSA) is 50.4 Å². The van der Waals surface area contributed by atoms with Crippen molar-refractivity contribution in [3.63, 3.8) is 0 Å². The number of carbonyl (C=O) groups excluding carboxylic acids is 1. The first-order valence-electron chi connectivity index (χ1n) is 6.50. The van der Waals surface area contributed by atoms with Crippen LogP contribution in [0.3, 0.4) is 0 Å². The molecule has 1 aliphatic heterocycles. The van der Waals surface area contributed by atoms with Gasteiger partial charge in [-0.1, -0.05) is 13.8 Å². The number of ether oxygens (including phenoxy) is 1. The number of carbonyl (C=O) groups is 1. The first-order valence-corrected chi connectivity index (χ1v) is 6.50. The number of hydrogen-bond acceptors (Lipinski definition) is 3. The zero-order valence-electron chi connectivity index (χ0n) is 11.3. The maximum Gasteiger partial charge on any atom is 0.220 e. The second kappa shape index (κ2) is 6.97. The van der Waals surface area contributed by atoms with Gasteiger partial charge in [-0.25, -0.2) is 0 Å². The van der Waals surface area contributed by atoms with E-state index in [1.807, 2.05) is 0 Å². The van der Waals surface area contributed by atoms with E-state index in [1.165, 1.54) is 0 Å². The van der Waals surface area contributed by atoms with Crippen molar-refractivity contribution in [2.75, 3.05) is 33.4 Å². The smallest absolute Gasteiger partial charge is 0.220 e. The molecule has 1 heterocycles. The lowest BCUT2D eigenvalue weighted by atomic mass is 9.93. The number of nitrogens with one attached hydrogen (secondary N) is 2. The highest BCUT2D eigenvalue weighted by atomic mass is 16.5. The van der Waals surface area contributed by atoms with Gasteiger partial charge in [0, 0.05) is 25.5 Å². The van der Waals surface area contributed by atoms with Gasteiger partial charge in [0.2, 0.25) is 5.91 Å². The predicted octanol–water partition coefficient (Wildman–Crippen LogP) is 1.16. The minimum Gasteiger partial charge on any atom is -0.384 e. The molecule has 4 nitrogen and oxygen atoms in total. The van der Waals surface area contributed by atoms with Gasteiger partial charge in [0.25, 0.3) is 0 Å². The molecule has 0 aliphatic carbocycles. The van der Waals surface area contributed by atoms with E-state index < -0.39 is 0 Å². The van der Waals surface area contributed by atoms with Gasteiger partial charge < -0.3 is 15.4 Å². The quantitative estimate of drug-likeness (QED) is 0.735. The lowest BCUT2D eigenvalue weighted by molar-refractivity contribution is -0.122. The van der Waals surface area contributed by atoms with E-state index >= 15 is 0 Å². The molecular weight excluding hydrogens is 216 g/mol. The van der Waals surface area contributed by atoms with Gasteiger partial charge >= 0.3 is 0 Å². The Bertz CT molecular complexity index is 236. The molecule has 0 aromatic rings. The van der Waals surface area contributed by atoms with Gasteiger partial charge in [-0.05, 0) is 31.8 Å². The number of piperidine rings is 1. The number of amides is 1. The largest absolute Gasteiger partial charge is 0.384 e. The summed E-state index contributed by atoms with van der Waals surface area (Å²) in [4.78, 5) is 11.8. The van der Waals surface area contributed by atoms with Crippen molar-refractivity contribution in [2.45, 2.75) is 33.1 Å². The van der Waals surface area contributed by atoms with Crippen molar-refractivity contribution < 1.29 is 9.53 Å². The highest BCUT2D eigenvalue weighted by Crippen LogP contribution is 2.17. The summed E-state index contributed by atoms with van der Waals surface area (Å²) in [7, 11) is 1.69. The van der Waals surface area contributed by atoms with Gasteiger partial charge in [0.05, 0.1) is 6.61 Å². The summed E-state index contributed by atoms with van der Waals surface area (Å²) < 4.78 is 5.13. The third-order valence-electron chi connectivity index (χ3n) is 3.23. The van der Waals surface area contributed by atoms with E-state index in [0.717, 1.165) is 25.9 Å². The molecule has 0 saturated carbocycles. The van der Waals surface area contributed by atoms with E-state index in [2.05, 4.69) is 24.5 Å². The molecule has 0 aromatic heterocycles. The van der Waals surface area contributed by atoms with Crippen LogP contribution in [0.25, 0.3) is 0 Å². The monoisotopic (exact) mass is 242 g/mol. The van der Waals surface area contributed by atoms with Crippen molar-refractivity contribution in [1.29, 1.82) is 0 Å². The van der Waals surface area contributed by atoms with Crippen molar-refractivity contribution in [3.8, 4) is 0 Å².